The standard InChI is InChI=1S/C11H18N2/c1-8(2)10-4-3-9-7-12-6-5-11(9)13-10/h3-4,8,11-13H,5-7H2,1-2H3. The topological polar surface area (TPSA) is 24.1 Å². The van der Waals surface area contributed by atoms with Crippen molar-refractivity contribution in [1.29, 1.82) is 0 Å². The Bertz CT molecular complexity index is 251. The van der Waals surface area contributed by atoms with Gasteiger partial charge in [0.2, 0.25) is 0 Å². The zero-order valence-electron chi connectivity index (χ0n) is 8.43. The van der Waals surface area contributed by atoms with Crippen LogP contribution in [0.4, 0.5) is 0 Å². The molecule has 0 amide bonds. The zero-order valence-corrected chi connectivity index (χ0v) is 8.43. The lowest BCUT2D eigenvalue weighted by atomic mass is 9.94. The van der Waals surface area contributed by atoms with Crippen molar-refractivity contribution in [1.82, 2.24) is 10.6 Å². The van der Waals surface area contributed by atoms with E-state index in [1.807, 2.05) is 0 Å². The van der Waals surface area contributed by atoms with Crippen molar-refractivity contribution < 1.29 is 0 Å². The molecule has 0 radical (unpaired) electrons. The van der Waals surface area contributed by atoms with E-state index in [4.69, 9.17) is 0 Å². The number of piperidine rings is 1. The lowest BCUT2D eigenvalue weighted by Crippen LogP contribution is -2.43. The molecule has 0 aromatic heterocycles. The summed E-state index contributed by atoms with van der Waals surface area (Å²) in [7, 11) is 0. The Morgan fingerprint density at radius 3 is 3.00 bits per heavy atom. The van der Waals surface area contributed by atoms with E-state index < -0.39 is 0 Å². The predicted molar refractivity (Wildman–Crippen MR) is 55.4 cm³/mol. The average molecular weight is 178 g/mol. The molecule has 0 spiro atoms. The summed E-state index contributed by atoms with van der Waals surface area (Å²) in [4.78, 5) is 0. The van der Waals surface area contributed by atoms with Crippen molar-refractivity contribution in [3.05, 3.63) is 23.4 Å². The highest BCUT2D eigenvalue weighted by atomic mass is 15.0. The van der Waals surface area contributed by atoms with Crippen molar-refractivity contribution >= 4 is 0 Å². The van der Waals surface area contributed by atoms with Crippen molar-refractivity contribution in [2.75, 3.05) is 13.1 Å². The Balaban J connectivity index is 2.13. The van der Waals surface area contributed by atoms with Crippen LogP contribution in [0.1, 0.15) is 20.3 Å². The summed E-state index contributed by atoms with van der Waals surface area (Å²) in [5, 5.41) is 7.00. The number of hydrogen-bond acceptors (Lipinski definition) is 2. The molecule has 72 valence electrons. The Labute approximate surface area is 80.1 Å². The molecule has 2 heterocycles. The molecule has 2 nitrogen and oxygen atoms in total. The second-order valence-electron chi connectivity index (χ2n) is 4.18. The molecular formula is C11H18N2. The van der Waals surface area contributed by atoms with E-state index in [1.165, 1.54) is 17.7 Å². The zero-order chi connectivity index (χ0) is 9.26. The second kappa shape index (κ2) is 3.54. The lowest BCUT2D eigenvalue weighted by Gasteiger charge is -2.32. The Hall–Kier alpha value is -0.760. The summed E-state index contributed by atoms with van der Waals surface area (Å²) in [6.45, 7) is 6.66. The first-order valence-electron chi connectivity index (χ1n) is 5.15. The Kier molecular flexibility index (Phi) is 2.40. The van der Waals surface area contributed by atoms with Gasteiger partial charge < -0.3 is 10.6 Å². The van der Waals surface area contributed by atoms with Gasteiger partial charge in [0.1, 0.15) is 0 Å². The van der Waals surface area contributed by atoms with E-state index >= 15 is 0 Å². The van der Waals surface area contributed by atoms with Gasteiger partial charge in [0.15, 0.2) is 0 Å². The summed E-state index contributed by atoms with van der Waals surface area (Å²) >= 11 is 0. The molecule has 2 N–H and O–H groups in total. The fraction of sp³-hybridized carbons (Fsp3) is 0.636. The molecule has 0 aromatic carbocycles. The van der Waals surface area contributed by atoms with E-state index in [9.17, 15) is 0 Å². The van der Waals surface area contributed by atoms with Crippen LogP contribution in [0.5, 0.6) is 0 Å². The van der Waals surface area contributed by atoms with Crippen molar-refractivity contribution in [3.63, 3.8) is 0 Å². The number of nitrogens with one attached hydrogen (secondary N) is 2. The quantitative estimate of drug-likeness (QED) is 0.634. The first kappa shape index (κ1) is 8.82. The Morgan fingerprint density at radius 1 is 1.38 bits per heavy atom. The maximum atomic E-state index is 3.61. The highest BCUT2D eigenvalue weighted by Crippen LogP contribution is 2.19. The van der Waals surface area contributed by atoms with Gasteiger partial charge in [-0.2, -0.15) is 0 Å². The van der Waals surface area contributed by atoms with Gasteiger partial charge >= 0.3 is 0 Å². The maximum absolute atomic E-state index is 3.61. The van der Waals surface area contributed by atoms with Crippen LogP contribution in [0, 0.1) is 5.92 Å². The molecule has 0 aromatic rings. The second-order valence-corrected chi connectivity index (χ2v) is 4.18. The first-order chi connectivity index (χ1) is 6.27. The molecule has 0 saturated carbocycles. The summed E-state index contributed by atoms with van der Waals surface area (Å²) in [5.74, 6) is 0.618. The smallest absolute Gasteiger partial charge is 0.0498 e. The molecule has 0 aliphatic carbocycles. The van der Waals surface area contributed by atoms with Crippen LogP contribution in [-0.2, 0) is 0 Å². The predicted octanol–water partition coefficient (Wildman–Crippen LogP) is 1.42. The number of hydrogen-bond donors (Lipinski definition) is 2. The first-order valence-corrected chi connectivity index (χ1v) is 5.15. The largest absolute Gasteiger partial charge is 0.382 e. The van der Waals surface area contributed by atoms with Gasteiger partial charge in [-0.3, -0.25) is 0 Å². The highest BCUT2D eigenvalue weighted by Gasteiger charge is 2.21. The minimum Gasteiger partial charge on any atom is -0.382 e. The van der Waals surface area contributed by atoms with E-state index in [0.29, 0.717) is 12.0 Å². The maximum Gasteiger partial charge on any atom is 0.0498 e. The SMILES string of the molecule is CC(C)C1=CC=C2CNCCC2N1. The molecule has 1 fully saturated rings. The van der Waals surface area contributed by atoms with Crippen LogP contribution in [0.2, 0.25) is 0 Å². The normalized spacial score (nSPS) is 27.5. The fourth-order valence-electron chi connectivity index (χ4n) is 1.93. The van der Waals surface area contributed by atoms with Gasteiger partial charge in [-0.05, 0) is 30.5 Å². The van der Waals surface area contributed by atoms with E-state index in [0.717, 1.165) is 13.1 Å². The van der Waals surface area contributed by atoms with E-state index in [-0.39, 0.29) is 0 Å². The van der Waals surface area contributed by atoms with Gasteiger partial charge in [0, 0.05) is 18.3 Å². The number of fused-ring (bicyclic) bond motifs is 1. The number of rotatable bonds is 1. The van der Waals surface area contributed by atoms with Crippen molar-refractivity contribution in [2.24, 2.45) is 5.92 Å². The van der Waals surface area contributed by atoms with Crippen molar-refractivity contribution in [3.8, 4) is 0 Å². The molecule has 13 heavy (non-hydrogen) atoms. The van der Waals surface area contributed by atoms with Crippen LogP contribution in [0.3, 0.4) is 0 Å². The van der Waals surface area contributed by atoms with Crippen LogP contribution >= 0.6 is 0 Å². The minimum absolute atomic E-state index is 0.601. The molecule has 2 heteroatoms. The number of allylic oxidation sites excluding steroid dienone is 3. The molecule has 1 saturated heterocycles. The summed E-state index contributed by atoms with van der Waals surface area (Å²) in [5.41, 5.74) is 2.89. The van der Waals surface area contributed by atoms with E-state index in [2.05, 4.69) is 36.6 Å². The summed E-state index contributed by atoms with van der Waals surface area (Å²) in [6, 6.07) is 0.601. The molecule has 1 atom stereocenters. The van der Waals surface area contributed by atoms with E-state index in [1.54, 1.807) is 0 Å². The lowest BCUT2D eigenvalue weighted by molar-refractivity contribution is 0.470. The molecule has 0 bridgehead atoms. The third kappa shape index (κ3) is 1.78. The van der Waals surface area contributed by atoms with Gasteiger partial charge in [-0.25, -0.2) is 0 Å². The molecular weight excluding hydrogens is 160 g/mol. The minimum atomic E-state index is 0.601. The third-order valence-electron chi connectivity index (χ3n) is 2.83. The number of dihydropyridines is 1. The Morgan fingerprint density at radius 2 is 2.23 bits per heavy atom. The summed E-state index contributed by atoms with van der Waals surface area (Å²) < 4.78 is 0. The van der Waals surface area contributed by atoms with Gasteiger partial charge in [-0.15, -0.1) is 0 Å². The third-order valence-corrected chi connectivity index (χ3v) is 2.83. The van der Waals surface area contributed by atoms with Crippen LogP contribution < -0.4 is 10.6 Å². The van der Waals surface area contributed by atoms with Gasteiger partial charge in [0.05, 0.1) is 0 Å². The summed E-state index contributed by atoms with van der Waals surface area (Å²) in [6.07, 6.45) is 5.72. The molecule has 2 aliphatic rings. The van der Waals surface area contributed by atoms with Crippen LogP contribution in [0.15, 0.2) is 23.4 Å². The van der Waals surface area contributed by atoms with Crippen LogP contribution in [0.25, 0.3) is 0 Å². The highest BCUT2D eigenvalue weighted by molar-refractivity contribution is 5.30. The van der Waals surface area contributed by atoms with Gasteiger partial charge in [-0.1, -0.05) is 19.9 Å². The molecule has 2 aliphatic heterocycles. The van der Waals surface area contributed by atoms with Crippen LogP contribution in [-0.4, -0.2) is 19.1 Å². The molecule has 2 rings (SSSR count). The monoisotopic (exact) mass is 178 g/mol. The van der Waals surface area contributed by atoms with Crippen molar-refractivity contribution in [2.45, 2.75) is 26.3 Å². The fourth-order valence-corrected chi connectivity index (χ4v) is 1.93. The van der Waals surface area contributed by atoms with Gasteiger partial charge in [0.25, 0.3) is 0 Å². The average Bonchev–Trinajstić information content (AvgIpc) is 2.17. The molecule has 1 unspecified atom stereocenters.